The summed E-state index contributed by atoms with van der Waals surface area (Å²) in [6, 6.07) is 0. The molecule has 1 aliphatic heterocycles. The second kappa shape index (κ2) is 6.93. The predicted octanol–water partition coefficient (Wildman–Crippen LogP) is -0.190. The SMILES string of the molecule is CC(C)(CN)CC(=O)NCCN1CCOCC1. The quantitative estimate of drug-likeness (QED) is 0.678. The Balaban J connectivity index is 2.11. The summed E-state index contributed by atoms with van der Waals surface area (Å²) in [4.78, 5) is 14.0. The number of carbonyl (C=O) groups excluding carboxylic acids is 1. The minimum Gasteiger partial charge on any atom is -0.379 e. The van der Waals surface area contributed by atoms with E-state index in [4.69, 9.17) is 10.5 Å². The highest BCUT2D eigenvalue weighted by Crippen LogP contribution is 2.17. The monoisotopic (exact) mass is 243 g/mol. The molecular weight excluding hydrogens is 218 g/mol. The van der Waals surface area contributed by atoms with Crippen LogP contribution in [0.15, 0.2) is 0 Å². The molecule has 1 saturated heterocycles. The maximum atomic E-state index is 11.6. The summed E-state index contributed by atoms with van der Waals surface area (Å²) in [7, 11) is 0. The molecule has 0 aliphatic carbocycles. The van der Waals surface area contributed by atoms with Crippen molar-refractivity contribution in [2.24, 2.45) is 11.1 Å². The van der Waals surface area contributed by atoms with Crippen LogP contribution in [-0.2, 0) is 9.53 Å². The zero-order valence-electron chi connectivity index (χ0n) is 11.0. The highest BCUT2D eigenvalue weighted by Gasteiger charge is 2.20. The molecule has 1 amide bonds. The fourth-order valence-electron chi connectivity index (χ4n) is 1.75. The normalized spacial score (nSPS) is 18.1. The van der Waals surface area contributed by atoms with Crippen LogP contribution in [0.1, 0.15) is 20.3 Å². The fraction of sp³-hybridized carbons (Fsp3) is 0.917. The standard InChI is InChI=1S/C12H25N3O2/c1-12(2,10-13)9-11(16)14-3-4-15-5-7-17-8-6-15/h3-10,13H2,1-2H3,(H,14,16). The van der Waals surface area contributed by atoms with Crippen molar-refractivity contribution < 1.29 is 9.53 Å². The molecule has 0 aromatic rings. The third-order valence-corrected chi connectivity index (χ3v) is 3.05. The van der Waals surface area contributed by atoms with Crippen molar-refractivity contribution in [3.8, 4) is 0 Å². The van der Waals surface area contributed by atoms with Crippen LogP contribution in [-0.4, -0.2) is 56.7 Å². The van der Waals surface area contributed by atoms with Crippen LogP contribution in [0, 0.1) is 5.41 Å². The van der Waals surface area contributed by atoms with Gasteiger partial charge in [-0.15, -0.1) is 0 Å². The van der Waals surface area contributed by atoms with Gasteiger partial charge in [0.25, 0.3) is 0 Å². The molecule has 0 aromatic carbocycles. The summed E-state index contributed by atoms with van der Waals surface area (Å²) in [5, 5.41) is 2.94. The summed E-state index contributed by atoms with van der Waals surface area (Å²) in [6.07, 6.45) is 0.493. The molecule has 1 heterocycles. The molecule has 3 N–H and O–H groups in total. The fourth-order valence-corrected chi connectivity index (χ4v) is 1.75. The minimum absolute atomic E-state index is 0.0914. The van der Waals surface area contributed by atoms with Gasteiger partial charge in [-0.25, -0.2) is 0 Å². The van der Waals surface area contributed by atoms with Crippen LogP contribution in [0.3, 0.4) is 0 Å². The number of nitrogens with two attached hydrogens (primary N) is 1. The first-order valence-corrected chi connectivity index (χ1v) is 6.30. The van der Waals surface area contributed by atoms with Crippen molar-refractivity contribution >= 4 is 5.91 Å². The predicted molar refractivity (Wildman–Crippen MR) is 67.7 cm³/mol. The number of hydrogen-bond acceptors (Lipinski definition) is 4. The topological polar surface area (TPSA) is 67.6 Å². The third kappa shape index (κ3) is 6.00. The molecule has 0 atom stereocenters. The number of nitrogens with zero attached hydrogens (tertiary/aromatic N) is 1. The first-order valence-electron chi connectivity index (χ1n) is 6.30. The van der Waals surface area contributed by atoms with Gasteiger partial charge in [-0.05, 0) is 12.0 Å². The number of morpholine rings is 1. The maximum Gasteiger partial charge on any atom is 0.220 e. The van der Waals surface area contributed by atoms with Gasteiger partial charge < -0.3 is 15.8 Å². The Morgan fingerprint density at radius 2 is 2.06 bits per heavy atom. The van der Waals surface area contributed by atoms with Crippen molar-refractivity contribution in [2.75, 3.05) is 45.9 Å². The van der Waals surface area contributed by atoms with Crippen LogP contribution < -0.4 is 11.1 Å². The van der Waals surface area contributed by atoms with Crippen LogP contribution in [0.4, 0.5) is 0 Å². The van der Waals surface area contributed by atoms with E-state index >= 15 is 0 Å². The summed E-state index contributed by atoms with van der Waals surface area (Å²) in [6.45, 7) is 9.68. The van der Waals surface area contributed by atoms with Gasteiger partial charge >= 0.3 is 0 Å². The highest BCUT2D eigenvalue weighted by atomic mass is 16.5. The van der Waals surface area contributed by atoms with Crippen LogP contribution in [0.2, 0.25) is 0 Å². The van der Waals surface area contributed by atoms with E-state index in [9.17, 15) is 4.79 Å². The molecule has 17 heavy (non-hydrogen) atoms. The Kier molecular flexibility index (Phi) is 5.88. The minimum atomic E-state index is -0.108. The van der Waals surface area contributed by atoms with Gasteiger partial charge in [0.1, 0.15) is 0 Å². The molecule has 100 valence electrons. The average Bonchev–Trinajstić information content (AvgIpc) is 2.30. The lowest BCUT2D eigenvalue weighted by Gasteiger charge is -2.27. The van der Waals surface area contributed by atoms with Crippen molar-refractivity contribution in [3.63, 3.8) is 0 Å². The molecule has 0 bridgehead atoms. The van der Waals surface area contributed by atoms with E-state index in [-0.39, 0.29) is 11.3 Å². The van der Waals surface area contributed by atoms with E-state index < -0.39 is 0 Å². The summed E-state index contributed by atoms with van der Waals surface area (Å²) >= 11 is 0. The van der Waals surface area contributed by atoms with Gasteiger partial charge in [0.2, 0.25) is 5.91 Å². The van der Waals surface area contributed by atoms with Crippen molar-refractivity contribution in [2.45, 2.75) is 20.3 Å². The van der Waals surface area contributed by atoms with E-state index in [1.165, 1.54) is 0 Å². The van der Waals surface area contributed by atoms with Gasteiger partial charge in [0, 0.05) is 32.6 Å². The third-order valence-electron chi connectivity index (χ3n) is 3.05. The van der Waals surface area contributed by atoms with Crippen LogP contribution in [0.25, 0.3) is 0 Å². The Morgan fingerprint density at radius 3 is 2.65 bits per heavy atom. The second-order valence-electron chi connectivity index (χ2n) is 5.35. The van der Waals surface area contributed by atoms with Crippen molar-refractivity contribution in [1.82, 2.24) is 10.2 Å². The number of nitrogens with one attached hydrogen (secondary N) is 1. The summed E-state index contributed by atoms with van der Waals surface area (Å²) < 4.78 is 5.26. The van der Waals surface area contributed by atoms with Gasteiger partial charge in [-0.1, -0.05) is 13.8 Å². The molecule has 1 fully saturated rings. The lowest BCUT2D eigenvalue weighted by atomic mass is 9.89. The first kappa shape index (κ1) is 14.4. The molecule has 0 aromatic heterocycles. The molecule has 5 nitrogen and oxygen atoms in total. The molecule has 0 unspecified atom stereocenters. The molecule has 0 saturated carbocycles. The Bertz CT molecular complexity index is 238. The first-order chi connectivity index (χ1) is 8.03. The van der Waals surface area contributed by atoms with Crippen LogP contribution in [0.5, 0.6) is 0 Å². The summed E-state index contributed by atoms with van der Waals surface area (Å²) in [5.74, 6) is 0.0914. The molecule has 1 aliphatic rings. The van der Waals surface area contributed by atoms with E-state index in [1.54, 1.807) is 0 Å². The average molecular weight is 243 g/mol. The Labute approximate surface area is 104 Å². The van der Waals surface area contributed by atoms with Gasteiger partial charge in [-0.2, -0.15) is 0 Å². The molecule has 0 radical (unpaired) electrons. The van der Waals surface area contributed by atoms with E-state index in [1.807, 2.05) is 13.8 Å². The zero-order valence-corrected chi connectivity index (χ0v) is 11.0. The van der Waals surface area contributed by atoms with E-state index in [2.05, 4.69) is 10.2 Å². The molecule has 1 rings (SSSR count). The highest BCUT2D eigenvalue weighted by molar-refractivity contribution is 5.76. The van der Waals surface area contributed by atoms with Gasteiger partial charge in [0.05, 0.1) is 13.2 Å². The van der Waals surface area contributed by atoms with Gasteiger partial charge in [0.15, 0.2) is 0 Å². The second-order valence-corrected chi connectivity index (χ2v) is 5.35. The van der Waals surface area contributed by atoms with Crippen LogP contribution >= 0.6 is 0 Å². The van der Waals surface area contributed by atoms with Gasteiger partial charge in [-0.3, -0.25) is 9.69 Å². The Morgan fingerprint density at radius 1 is 1.41 bits per heavy atom. The smallest absolute Gasteiger partial charge is 0.220 e. The largest absolute Gasteiger partial charge is 0.379 e. The Hall–Kier alpha value is -0.650. The number of carbonyl (C=O) groups is 1. The summed E-state index contributed by atoms with van der Waals surface area (Å²) in [5.41, 5.74) is 5.49. The maximum absolute atomic E-state index is 11.6. The number of amides is 1. The zero-order chi connectivity index (χ0) is 12.7. The number of ether oxygens (including phenoxy) is 1. The molecule has 5 heteroatoms. The number of hydrogen-bond donors (Lipinski definition) is 2. The molecular formula is C12H25N3O2. The van der Waals surface area contributed by atoms with Crippen molar-refractivity contribution in [3.05, 3.63) is 0 Å². The number of rotatable bonds is 6. The van der Waals surface area contributed by atoms with E-state index in [0.29, 0.717) is 19.5 Å². The molecule has 0 spiro atoms. The van der Waals surface area contributed by atoms with E-state index in [0.717, 1.165) is 32.8 Å². The van der Waals surface area contributed by atoms with Crippen molar-refractivity contribution in [1.29, 1.82) is 0 Å². The lowest BCUT2D eigenvalue weighted by molar-refractivity contribution is -0.123. The lowest BCUT2D eigenvalue weighted by Crippen LogP contribution is -2.42.